The van der Waals surface area contributed by atoms with Gasteiger partial charge in [-0.25, -0.2) is 0 Å². The quantitative estimate of drug-likeness (QED) is 0.676. The van der Waals surface area contributed by atoms with Gasteiger partial charge in [0.1, 0.15) is 5.75 Å². The number of para-hydroxylation sites is 1. The van der Waals surface area contributed by atoms with Crippen molar-refractivity contribution in [3.63, 3.8) is 0 Å². The minimum Gasteiger partial charge on any atom is -0.484 e. The van der Waals surface area contributed by atoms with Crippen LogP contribution in [0.25, 0.3) is 10.9 Å². The summed E-state index contributed by atoms with van der Waals surface area (Å²) in [5, 5.41) is 5.76. The summed E-state index contributed by atoms with van der Waals surface area (Å²) in [6.45, 7) is 0.0000699. The van der Waals surface area contributed by atoms with E-state index in [-0.39, 0.29) is 12.5 Å². The first-order chi connectivity index (χ1) is 14.7. The minimum absolute atomic E-state index is 0.0000699. The molecule has 6 heteroatoms. The molecule has 5 rings (SSSR count). The van der Waals surface area contributed by atoms with Crippen molar-refractivity contribution >= 4 is 28.2 Å². The highest BCUT2D eigenvalue weighted by molar-refractivity contribution is 6.06. The number of aromatic amines is 1. The van der Waals surface area contributed by atoms with Crippen molar-refractivity contribution in [3.8, 4) is 5.75 Å². The van der Waals surface area contributed by atoms with E-state index >= 15 is 0 Å². The number of carbonyl (C=O) groups is 1. The molecule has 0 bridgehead atoms. The zero-order valence-corrected chi connectivity index (χ0v) is 17.1. The monoisotopic (exact) mass is 402 g/mol. The van der Waals surface area contributed by atoms with Gasteiger partial charge in [-0.15, -0.1) is 0 Å². The Labute approximate surface area is 175 Å². The van der Waals surface area contributed by atoms with Gasteiger partial charge in [0.15, 0.2) is 6.61 Å². The van der Waals surface area contributed by atoms with Crippen molar-refractivity contribution in [1.29, 1.82) is 0 Å². The fourth-order valence-electron chi connectivity index (χ4n) is 4.47. The molecule has 2 unspecified atom stereocenters. The Kier molecular flexibility index (Phi) is 4.91. The third-order valence-electron chi connectivity index (χ3n) is 6.22. The average Bonchev–Trinajstić information content (AvgIpc) is 3.41. The van der Waals surface area contributed by atoms with Gasteiger partial charge >= 0.3 is 0 Å². The van der Waals surface area contributed by atoms with E-state index in [9.17, 15) is 4.79 Å². The summed E-state index contributed by atoms with van der Waals surface area (Å²) in [5.41, 5.74) is 7.38. The van der Waals surface area contributed by atoms with Gasteiger partial charge in [0.2, 0.25) is 0 Å². The summed E-state index contributed by atoms with van der Waals surface area (Å²) >= 11 is 0. The van der Waals surface area contributed by atoms with Crippen molar-refractivity contribution in [1.82, 2.24) is 10.4 Å². The molecular weight excluding hydrogens is 376 g/mol. The van der Waals surface area contributed by atoms with E-state index < -0.39 is 0 Å². The molecule has 154 valence electrons. The van der Waals surface area contributed by atoms with Crippen LogP contribution < -0.4 is 15.1 Å². The van der Waals surface area contributed by atoms with E-state index in [0.29, 0.717) is 17.7 Å². The summed E-state index contributed by atoms with van der Waals surface area (Å²) in [6, 6.07) is 18.1. The molecule has 2 atom stereocenters. The number of rotatable bonds is 5. The van der Waals surface area contributed by atoms with Gasteiger partial charge in [0.25, 0.3) is 5.91 Å². The minimum atomic E-state index is -0.0978. The molecule has 2 heterocycles. The molecular formula is C24H26N4O2. The van der Waals surface area contributed by atoms with Gasteiger partial charge in [-0.1, -0.05) is 37.1 Å². The number of nitrogens with one attached hydrogen (secondary N) is 2. The van der Waals surface area contributed by atoms with E-state index in [1.165, 1.54) is 25.7 Å². The van der Waals surface area contributed by atoms with E-state index in [4.69, 9.17) is 4.74 Å². The standard InChI is InChI=1S/C24H26N4O2/c1-28(23(29)15-30-18-7-3-2-4-8-18)17-12-11-16-13-22(25-21(16)14-17)24-19-9-5-6-10-20(19)26-27-24/h2-4,7-8,11-14,19-20,25-26H,5-6,9-10,15H2,1H3. The van der Waals surface area contributed by atoms with Gasteiger partial charge in [0.05, 0.1) is 17.4 Å². The molecule has 0 saturated heterocycles. The van der Waals surface area contributed by atoms with Crippen LogP contribution in [0.3, 0.4) is 0 Å². The topological polar surface area (TPSA) is 69.7 Å². The summed E-state index contributed by atoms with van der Waals surface area (Å²) in [5.74, 6) is 1.08. The maximum atomic E-state index is 12.6. The maximum Gasteiger partial charge on any atom is 0.264 e. The summed E-state index contributed by atoms with van der Waals surface area (Å²) in [4.78, 5) is 17.7. The van der Waals surface area contributed by atoms with Gasteiger partial charge in [-0.05, 0) is 43.2 Å². The number of hydrogen-bond donors (Lipinski definition) is 2. The highest BCUT2D eigenvalue weighted by Crippen LogP contribution is 2.32. The lowest BCUT2D eigenvalue weighted by Gasteiger charge is -2.24. The smallest absolute Gasteiger partial charge is 0.264 e. The zero-order valence-electron chi connectivity index (χ0n) is 17.1. The van der Waals surface area contributed by atoms with Crippen molar-refractivity contribution in [2.45, 2.75) is 31.7 Å². The number of hydrogen-bond acceptors (Lipinski definition) is 4. The molecule has 1 saturated carbocycles. The van der Waals surface area contributed by atoms with Gasteiger partial charge in [-0.3, -0.25) is 4.79 Å². The highest BCUT2D eigenvalue weighted by atomic mass is 16.5. The number of nitrogens with zero attached hydrogens (tertiary/aromatic N) is 2. The largest absolute Gasteiger partial charge is 0.484 e. The number of likely N-dealkylation sites (N-methyl/N-ethyl adjacent to an activating group) is 1. The number of aromatic nitrogens is 1. The van der Waals surface area contributed by atoms with Crippen molar-refractivity contribution < 1.29 is 9.53 Å². The number of fused-ring (bicyclic) bond motifs is 2. The molecule has 1 fully saturated rings. The SMILES string of the molecule is CN(C(=O)COc1ccccc1)c1ccc2cc(C3=NNC4CCCCC34)[nH]c2c1. The second kappa shape index (κ2) is 7.86. The Bertz CT molecular complexity index is 1090. The second-order valence-electron chi connectivity index (χ2n) is 8.13. The molecule has 2 aromatic carbocycles. The van der Waals surface area contributed by atoms with Crippen LogP contribution in [-0.2, 0) is 4.79 Å². The van der Waals surface area contributed by atoms with Crippen LogP contribution in [0.15, 0.2) is 59.7 Å². The van der Waals surface area contributed by atoms with Crippen molar-refractivity contribution in [3.05, 3.63) is 60.3 Å². The average molecular weight is 402 g/mol. The predicted molar refractivity (Wildman–Crippen MR) is 119 cm³/mol. The number of amides is 1. The first kappa shape index (κ1) is 18.7. The Balaban J connectivity index is 1.32. The maximum absolute atomic E-state index is 12.6. The van der Waals surface area contributed by atoms with Crippen LogP contribution in [0.1, 0.15) is 31.4 Å². The molecule has 0 radical (unpaired) electrons. The lowest BCUT2D eigenvalue weighted by molar-refractivity contribution is -0.120. The molecule has 6 nitrogen and oxygen atoms in total. The fourth-order valence-corrected chi connectivity index (χ4v) is 4.47. The Morgan fingerprint density at radius 1 is 1.13 bits per heavy atom. The van der Waals surface area contributed by atoms with Crippen LogP contribution in [-0.4, -0.2) is 36.3 Å². The summed E-state index contributed by atoms with van der Waals surface area (Å²) in [7, 11) is 1.78. The summed E-state index contributed by atoms with van der Waals surface area (Å²) < 4.78 is 5.60. The number of H-pyrrole nitrogens is 1. The fraction of sp³-hybridized carbons (Fsp3) is 0.333. The van der Waals surface area contributed by atoms with Crippen molar-refractivity contribution in [2.75, 3.05) is 18.6 Å². The van der Waals surface area contributed by atoms with Gasteiger partial charge < -0.3 is 20.0 Å². The molecule has 0 spiro atoms. The zero-order chi connectivity index (χ0) is 20.5. The number of anilines is 1. The lowest BCUT2D eigenvalue weighted by atomic mass is 9.82. The first-order valence-electron chi connectivity index (χ1n) is 10.6. The first-order valence-corrected chi connectivity index (χ1v) is 10.6. The van der Waals surface area contributed by atoms with E-state index in [1.807, 2.05) is 48.5 Å². The Morgan fingerprint density at radius 3 is 2.83 bits per heavy atom. The Hall–Kier alpha value is -3.28. The molecule has 2 aliphatic rings. The molecule has 1 aromatic heterocycles. The number of ether oxygens (including phenoxy) is 1. The Morgan fingerprint density at radius 2 is 1.97 bits per heavy atom. The van der Waals surface area contributed by atoms with Crippen LogP contribution >= 0.6 is 0 Å². The van der Waals surface area contributed by atoms with Gasteiger partial charge in [0, 0.05) is 29.6 Å². The predicted octanol–water partition coefficient (Wildman–Crippen LogP) is 4.08. The summed E-state index contributed by atoms with van der Waals surface area (Å²) in [6.07, 6.45) is 4.93. The normalized spacial score (nSPS) is 20.4. The molecule has 2 N–H and O–H groups in total. The van der Waals surface area contributed by atoms with Gasteiger partial charge in [-0.2, -0.15) is 5.10 Å². The van der Waals surface area contributed by atoms with E-state index in [1.54, 1.807) is 11.9 Å². The second-order valence-corrected chi connectivity index (χ2v) is 8.13. The van der Waals surface area contributed by atoms with Crippen LogP contribution in [0.4, 0.5) is 5.69 Å². The number of benzene rings is 2. The number of hydrazone groups is 1. The van der Waals surface area contributed by atoms with Crippen LogP contribution in [0.2, 0.25) is 0 Å². The van der Waals surface area contributed by atoms with Crippen LogP contribution in [0, 0.1) is 5.92 Å². The third kappa shape index (κ3) is 3.54. The third-order valence-corrected chi connectivity index (χ3v) is 6.22. The number of carbonyl (C=O) groups excluding carboxylic acids is 1. The van der Waals surface area contributed by atoms with E-state index in [0.717, 1.165) is 28.0 Å². The lowest BCUT2D eigenvalue weighted by Crippen LogP contribution is -2.32. The van der Waals surface area contributed by atoms with Crippen LogP contribution in [0.5, 0.6) is 5.75 Å². The highest BCUT2D eigenvalue weighted by Gasteiger charge is 2.34. The molecule has 30 heavy (non-hydrogen) atoms. The van der Waals surface area contributed by atoms with E-state index in [2.05, 4.69) is 21.6 Å². The molecule has 3 aromatic rings. The van der Waals surface area contributed by atoms with Crippen molar-refractivity contribution in [2.24, 2.45) is 11.0 Å². The molecule has 1 aliphatic carbocycles. The molecule has 1 aliphatic heterocycles. The molecule has 1 amide bonds.